The SMILES string of the molecule is Cc1ccccc1C(C)Nc1ccc(S(N)(=O)=O)cc1Br. The number of halogens is 1. The van der Waals surface area contributed by atoms with E-state index in [9.17, 15) is 8.42 Å². The highest BCUT2D eigenvalue weighted by atomic mass is 79.9. The van der Waals surface area contributed by atoms with Gasteiger partial charge in [-0.1, -0.05) is 24.3 Å². The van der Waals surface area contributed by atoms with Gasteiger partial charge in [0, 0.05) is 16.2 Å². The van der Waals surface area contributed by atoms with Crippen molar-refractivity contribution in [3.8, 4) is 0 Å². The monoisotopic (exact) mass is 368 g/mol. The Bertz CT molecular complexity index is 760. The zero-order chi connectivity index (χ0) is 15.6. The Kier molecular flexibility index (Phi) is 4.70. The van der Waals surface area contributed by atoms with Gasteiger partial charge in [-0.05, 0) is 59.1 Å². The first-order valence-electron chi connectivity index (χ1n) is 6.43. The van der Waals surface area contributed by atoms with Crippen LogP contribution in [-0.2, 0) is 10.0 Å². The van der Waals surface area contributed by atoms with Crippen molar-refractivity contribution in [2.24, 2.45) is 5.14 Å². The quantitative estimate of drug-likeness (QED) is 0.865. The van der Waals surface area contributed by atoms with Crippen LogP contribution in [0.4, 0.5) is 5.69 Å². The normalized spacial score (nSPS) is 13.0. The Labute approximate surface area is 133 Å². The number of rotatable bonds is 4. The standard InChI is InChI=1S/C15H17BrN2O2S/c1-10-5-3-4-6-13(10)11(2)18-15-8-7-12(9-14(15)16)21(17,19)20/h3-9,11,18H,1-2H3,(H2,17,19,20). The first-order valence-corrected chi connectivity index (χ1v) is 8.77. The zero-order valence-electron chi connectivity index (χ0n) is 11.8. The number of anilines is 1. The molecule has 0 heterocycles. The minimum absolute atomic E-state index is 0.0865. The lowest BCUT2D eigenvalue weighted by molar-refractivity contribution is 0.598. The number of benzene rings is 2. The van der Waals surface area contributed by atoms with Crippen molar-refractivity contribution in [3.05, 3.63) is 58.1 Å². The highest BCUT2D eigenvalue weighted by molar-refractivity contribution is 9.10. The predicted molar refractivity (Wildman–Crippen MR) is 88.7 cm³/mol. The first-order chi connectivity index (χ1) is 9.79. The van der Waals surface area contributed by atoms with Crippen molar-refractivity contribution in [1.82, 2.24) is 0 Å². The molecule has 2 rings (SSSR count). The lowest BCUT2D eigenvalue weighted by atomic mass is 10.0. The molecule has 0 radical (unpaired) electrons. The Morgan fingerprint density at radius 3 is 2.43 bits per heavy atom. The summed E-state index contributed by atoms with van der Waals surface area (Å²) in [5, 5.41) is 8.48. The fraction of sp³-hybridized carbons (Fsp3) is 0.200. The van der Waals surface area contributed by atoms with Gasteiger partial charge in [0.25, 0.3) is 0 Å². The third-order valence-corrected chi connectivity index (χ3v) is 4.86. The zero-order valence-corrected chi connectivity index (χ0v) is 14.2. The van der Waals surface area contributed by atoms with E-state index in [2.05, 4.69) is 47.2 Å². The van der Waals surface area contributed by atoms with Crippen LogP contribution in [0.2, 0.25) is 0 Å². The lowest BCUT2D eigenvalue weighted by Crippen LogP contribution is -2.13. The molecule has 112 valence electrons. The lowest BCUT2D eigenvalue weighted by Gasteiger charge is -2.19. The second-order valence-electron chi connectivity index (χ2n) is 4.91. The smallest absolute Gasteiger partial charge is 0.238 e. The minimum atomic E-state index is -3.69. The molecule has 6 heteroatoms. The summed E-state index contributed by atoms with van der Waals surface area (Å²) in [4.78, 5) is 0.0865. The van der Waals surface area contributed by atoms with Crippen molar-refractivity contribution < 1.29 is 8.42 Å². The van der Waals surface area contributed by atoms with Gasteiger partial charge in [0.2, 0.25) is 10.0 Å². The molecule has 0 aliphatic heterocycles. The van der Waals surface area contributed by atoms with Gasteiger partial charge in [-0.15, -0.1) is 0 Å². The molecule has 0 fully saturated rings. The van der Waals surface area contributed by atoms with E-state index in [4.69, 9.17) is 5.14 Å². The van der Waals surface area contributed by atoms with Crippen molar-refractivity contribution in [2.75, 3.05) is 5.32 Å². The van der Waals surface area contributed by atoms with E-state index >= 15 is 0 Å². The number of sulfonamides is 1. The maximum atomic E-state index is 11.3. The minimum Gasteiger partial charge on any atom is -0.378 e. The van der Waals surface area contributed by atoms with Gasteiger partial charge in [0.05, 0.1) is 4.90 Å². The van der Waals surface area contributed by atoms with Crippen molar-refractivity contribution in [2.45, 2.75) is 24.8 Å². The van der Waals surface area contributed by atoms with Crippen LogP contribution in [0.15, 0.2) is 51.8 Å². The molecule has 4 nitrogen and oxygen atoms in total. The fourth-order valence-corrected chi connectivity index (χ4v) is 3.36. The summed E-state index contributed by atoms with van der Waals surface area (Å²) < 4.78 is 23.3. The van der Waals surface area contributed by atoms with Crippen LogP contribution < -0.4 is 10.5 Å². The van der Waals surface area contributed by atoms with E-state index in [0.29, 0.717) is 4.47 Å². The molecule has 0 amide bonds. The second kappa shape index (κ2) is 6.17. The van der Waals surface area contributed by atoms with Crippen LogP contribution in [-0.4, -0.2) is 8.42 Å². The van der Waals surface area contributed by atoms with Crippen LogP contribution in [0.25, 0.3) is 0 Å². The number of hydrogen-bond donors (Lipinski definition) is 2. The molecule has 21 heavy (non-hydrogen) atoms. The Hall–Kier alpha value is -1.37. The number of aryl methyl sites for hydroxylation is 1. The average molecular weight is 369 g/mol. The average Bonchev–Trinajstić information content (AvgIpc) is 2.40. The van der Waals surface area contributed by atoms with Crippen molar-refractivity contribution in [1.29, 1.82) is 0 Å². The highest BCUT2D eigenvalue weighted by Gasteiger charge is 2.13. The van der Waals surface area contributed by atoms with Gasteiger partial charge >= 0.3 is 0 Å². The molecular weight excluding hydrogens is 352 g/mol. The topological polar surface area (TPSA) is 72.2 Å². The molecule has 0 aliphatic carbocycles. The second-order valence-corrected chi connectivity index (χ2v) is 7.33. The molecular formula is C15H17BrN2O2S. The number of hydrogen-bond acceptors (Lipinski definition) is 3. The Morgan fingerprint density at radius 1 is 1.19 bits per heavy atom. The van der Waals surface area contributed by atoms with Gasteiger partial charge in [-0.25, -0.2) is 13.6 Å². The molecule has 0 aromatic heterocycles. The molecule has 0 aliphatic rings. The Balaban J connectivity index is 2.27. The largest absolute Gasteiger partial charge is 0.378 e. The summed E-state index contributed by atoms with van der Waals surface area (Å²) in [5.74, 6) is 0. The molecule has 2 aromatic carbocycles. The van der Waals surface area contributed by atoms with E-state index in [0.717, 1.165) is 5.69 Å². The van der Waals surface area contributed by atoms with Crippen LogP contribution in [0, 0.1) is 6.92 Å². The summed E-state index contributed by atoms with van der Waals surface area (Å²) in [7, 11) is -3.69. The molecule has 0 saturated heterocycles. The van der Waals surface area contributed by atoms with Gasteiger partial charge in [-0.3, -0.25) is 0 Å². The van der Waals surface area contributed by atoms with E-state index in [1.54, 1.807) is 6.07 Å². The molecule has 1 unspecified atom stereocenters. The summed E-state index contributed by atoms with van der Waals surface area (Å²) in [5.41, 5.74) is 3.22. The van der Waals surface area contributed by atoms with Crippen molar-refractivity contribution >= 4 is 31.6 Å². The summed E-state index contributed by atoms with van der Waals surface area (Å²) >= 11 is 3.38. The highest BCUT2D eigenvalue weighted by Crippen LogP contribution is 2.29. The fourth-order valence-electron chi connectivity index (χ4n) is 2.17. The molecule has 0 spiro atoms. The molecule has 1 atom stereocenters. The van der Waals surface area contributed by atoms with Crippen LogP contribution in [0.3, 0.4) is 0 Å². The van der Waals surface area contributed by atoms with E-state index in [1.807, 2.05) is 12.1 Å². The van der Waals surface area contributed by atoms with Gasteiger partial charge in [0.1, 0.15) is 0 Å². The van der Waals surface area contributed by atoms with Gasteiger partial charge in [0.15, 0.2) is 0 Å². The maximum absolute atomic E-state index is 11.3. The number of nitrogens with one attached hydrogen (secondary N) is 1. The molecule has 3 N–H and O–H groups in total. The van der Waals surface area contributed by atoms with Crippen molar-refractivity contribution in [3.63, 3.8) is 0 Å². The number of primary sulfonamides is 1. The van der Waals surface area contributed by atoms with Crippen LogP contribution in [0.1, 0.15) is 24.1 Å². The van der Waals surface area contributed by atoms with E-state index in [-0.39, 0.29) is 10.9 Å². The molecule has 0 saturated carbocycles. The maximum Gasteiger partial charge on any atom is 0.238 e. The van der Waals surface area contributed by atoms with Gasteiger partial charge < -0.3 is 5.32 Å². The third-order valence-electron chi connectivity index (χ3n) is 3.30. The number of nitrogens with two attached hydrogens (primary N) is 1. The molecule has 2 aromatic rings. The van der Waals surface area contributed by atoms with Gasteiger partial charge in [-0.2, -0.15) is 0 Å². The van der Waals surface area contributed by atoms with E-state index < -0.39 is 10.0 Å². The predicted octanol–water partition coefficient (Wildman–Crippen LogP) is 3.58. The first kappa shape index (κ1) is 16.0. The summed E-state index contributed by atoms with van der Waals surface area (Å²) in [6.07, 6.45) is 0. The third kappa shape index (κ3) is 3.84. The Morgan fingerprint density at radius 2 is 1.86 bits per heavy atom. The van der Waals surface area contributed by atoms with E-state index in [1.165, 1.54) is 23.3 Å². The molecule has 0 bridgehead atoms. The van der Waals surface area contributed by atoms with Crippen LogP contribution >= 0.6 is 15.9 Å². The van der Waals surface area contributed by atoms with Crippen LogP contribution in [0.5, 0.6) is 0 Å². The summed E-state index contributed by atoms with van der Waals surface area (Å²) in [6, 6.07) is 12.9. The summed E-state index contributed by atoms with van der Waals surface area (Å²) in [6.45, 7) is 4.12.